The van der Waals surface area contributed by atoms with E-state index in [1.807, 2.05) is 25.1 Å². The molecule has 0 aliphatic rings. The molecule has 2 heteroatoms. The minimum Gasteiger partial charge on any atom is -0.494 e. The van der Waals surface area contributed by atoms with E-state index in [9.17, 15) is 0 Å². The van der Waals surface area contributed by atoms with Gasteiger partial charge in [0, 0.05) is 5.69 Å². The van der Waals surface area contributed by atoms with Gasteiger partial charge in [0.05, 0.1) is 6.61 Å². The number of nitrogens with two attached hydrogens (primary N) is 1. The summed E-state index contributed by atoms with van der Waals surface area (Å²) in [5, 5.41) is 0. The standard InChI is InChI=1S/C17H21NO/c1-14-13-16(10-11-17(14)18)19-12-6-5-9-15-7-3-2-4-8-15/h2-4,7-8,10-11,13H,5-6,9,12,18H2,1H3. The van der Waals surface area contributed by atoms with Gasteiger partial charge < -0.3 is 10.5 Å². The topological polar surface area (TPSA) is 35.2 Å². The summed E-state index contributed by atoms with van der Waals surface area (Å²) in [6.45, 7) is 2.76. The van der Waals surface area contributed by atoms with Gasteiger partial charge in [-0.3, -0.25) is 0 Å². The fraction of sp³-hybridized carbons (Fsp3) is 0.294. The third kappa shape index (κ3) is 4.32. The van der Waals surface area contributed by atoms with E-state index < -0.39 is 0 Å². The highest BCUT2D eigenvalue weighted by atomic mass is 16.5. The molecule has 0 radical (unpaired) electrons. The van der Waals surface area contributed by atoms with Gasteiger partial charge in [0.2, 0.25) is 0 Å². The summed E-state index contributed by atoms with van der Waals surface area (Å²) >= 11 is 0. The molecule has 100 valence electrons. The second-order valence-corrected chi connectivity index (χ2v) is 4.81. The minimum atomic E-state index is 0.760. The molecule has 0 unspecified atom stereocenters. The molecule has 0 amide bonds. The Bertz CT molecular complexity index is 508. The highest BCUT2D eigenvalue weighted by molar-refractivity contribution is 5.49. The first-order chi connectivity index (χ1) is 9.25. The molecule has 0 bridgehead atoms. The van der Waals surface area contributed by atoms with Crippen molar-refractivity contribution in [3.05, 3.63) is 59.7 Å². The molecule has 0 atom stereocenters. The molecule has 0 saturated heterocycles. The van der Waals surface area contributed by atoms with Gasteiger partial charge in [-0.15, -0.1) is 0 Å². The van der Waals surface area contributed by atoms with Gasteiger partial charge in [0.15, 0.2) is 0 Å². The second-order valence-electron chi connectivity index (χ2n) is 4.81. The Morgan fingerprint density at radius 1 is 1.00 bits per heavy atom. The van der Waals surface area contributed by atoms with E-state index in [1.54, 1.807) is 0 Å². The van der Waals surface area contributed by atoms with E-state index in [1.165, 1.54) is 5.56 Å². The predicted octanol–water partition coefficient (Wildman–Crippen LogP) is 3.98. The fourth-order valence-corrected chi connectivity index (χ4v) is 2.00. The van der Waals surface area contributed by atoms with Gasteiger partial charge in [-0.1, -0.05) is 30.3 Å². The maximum Gasteiger partial charge on any atom is 0.119 e. The van der Waals surface area contributed by atoms with Crippen LogP contribution in [-0.2, 0) is 6.42 Å². The molecule has 0 spiro atoms. The average molecular weight is 255 g/mol. The smallest absolute Gasteiger partial charge is 0.119 e. The summed E-state index contributed by atoms with van der Waals surface area (Å²) in [4.78, 5) is 0. The van der Waals surface area contributed by atoms with Crippen LogP contribution in [0, 0.1) is 6.92 Å². The van der Waals surface area contributed by atoms with Gasteiger partial charge in [-0.25, -0.2) is 0 Å². The zero-order valence-electron chi connectivity index (χ0n) is 11.4. The molecule has 2 aromatic rings. The highest BCUT2D eigenvalue weighted by Crippen LogP contribution is 2.18. The van der Waals surface area contributed by atoms with Crippen molar-refractivity contribution < 1.29 is 4.74 Å². The number of hydrogen-bond donors (Lipinski definition) is 1. The van der Waals surface area contributed by atoms with Gasteiger partial charge in [0.25, 0.3) is 0 Å². The zero-order valence-corrected chi connectivity index (χ0v) is 11.4. The Morgan fingerprint density at radius 2 is 1.79 bits per heavy atom. The zero-order chi connectivity index (χ0) is 13.5. The van der Waals surface area contributed by atoms with Crippen LogP contribution in [0.25, 0.3) is 0 Å². The monoisotopic (exact) mass is 255 g/mol. The van der Waals surface area contributed by atoms with Gasteiger partial charge in [-0.2, -0.15) is 0 Å². The molecule has 2 aromatic carbocycles. The lowest BCUT2D eigenvalue weighted by Crippen LogP contribution is -1.99. The molecule has 0 fully saturated rings. The number of benzene rings is 2. The molecule has 2 N–H and O–H groups in total. The molecule has 19 heavy (non-hydrogen) atoms. The number of unbranched alkanes of at least 4 members (excludes halogenated alkanes) is 1. The SMILES string of the molecule is Cc1cc(OCCCCc2ccccc2)ccc1N. The molecular formula is C17H21NO. The number of nitrogen functional groups attached to an aromatic ring is 1. The molecule has 0 aromatic heterocycles. The Hall–Kier alpha value is -1.96. The van der Waals surface area contributed by atoms with E-state index in [-0.39, 0.29) is 0 Å². The lowest BCUT2D eigenvalue weighted by Gasteiger charge is -2.08. The summed E-state index contributed by atoms with van der Waals surface area (Å²) in [5.74, 6) is 0.909. The number of hydrogen-bond acceptors (Lipinski definition) is 2. The van der Waals surface area contributed by atoms with E-state index in [0.29, 0.717) is 0 Å². The third-order valence-corrected chi connectivity index (χ3v) is 3.21. The van der Waals surface area contributed by atoms with Crippen LogP contribution < -0.4 is 10.5 Å². The molecule has 0 aliphatic carbocycles. The minimum absolute atomic E-state index is 0.760. The van der Waals surface area contributed by atoms with Crippen LogP contribution in [0.1, 0.15) is 24.0 Å². The first-order valence-corrected chi connectivity index (χ1v) is 6.78. The summed E-state index contributed by atoms with van der Waals surface area (Å²) < 4.78 is 5.72. The number of ether oxygens (including phenoxy) is 1. The van der Waals surface area contributed by atoms with E-state index in [4.69, 9.17) is 10.5 Å². The normalized spacial score (nSPS) is 10.4. The van der Waals surface area contributed by atoms with Crippen molar-refractivity contribution in [3.8, 4) is 5.75 Å². The van der Waals surface area contributed by atoms with Gasteiger partial charge >= 0.3 is 0 Å². The molecule has 0 aliphatic heterocycles. The van der Waals surface area contributed by atoms with Crippen molar-refractivity contribution in [3.63, 3.8) is 0 Å². The highest BCUT2D eigenvalue weighted by Gasteiger charge is 1.98. The summed E-state index contributed by atoms with van der Waals surface area (Å²) in [6, 6.07) is 16.4. The van der Waals surface area contributed by atoms with E-state index >= 15 is 0 Å². The Balaban J connectivity index is 1.68. The third-order valence-electron chi connectivity index (χ3n) is 3.21. The number of rotatable bonds is 6. The van der Waals surface area contributed by atoms with Crippen molar-refractivity contribution in [1.82, 2.24) is 0 Å². The fourth-order valence-electron chi connectivity index (χ4n) is 2.00. The largest absolute Gasteiger partial charge is 0.494 e. The van der Waals surface area contributed by atoms with Crippen molar-refractivity contribution >= 4 is 5.69 Å². The van der Waals surface area contributed by atoms with Crippen LogP contribution in [-0.4, -0.2) is 6.61 Å². The maximum atomic E-state index is 5.77. The quantitative estimate of drug-likeness (QED) is 0.626. The molecule has 2 nitrogen and oxygen atoms in total. The maximum absolute atomic E-state index is 5.77. The first-order valence-electron chi connectivity index (χ1n) is 6.78. The van der Waals surface area contributed by atoms with Crippen LogP contribution in [0.15, 0.2) is 48.5 Å². The van der Waals surface area contributed by atoms with Gasteiger partial charge in [0.1, 0.15) is 5.75 Å². The van der Waals surface area contributed by atoms with Crippen LogP contribution in [0.5, 0.6) is 5.75 Å². The molecule has 2 rings (SSSR count). The number of anilines is 1. The first kappa shape index (κ1) is 13.5. The van der Waals surface area contributed by atoms with Crippen LogP contribution >= 0.6 is 0 Å². The van der Waals surface area contributed by atoms with Gasteiger partial charge in [-0.05, 0) is 55.5 Å². The average Bonchev–Trinajstić information content (AvgIpc) is 2.43. The van der Waals surface area contributed by atoms with Crippen LogP contribution in [0.2, 0.25) is 0 Å². The summed E-state index contributed by atoms with van der Waals surface area (Å²) in [5.41, 5.74) is 9.06. The Labute approximate surface area is 115 Å². The van der Waals surface area contributed by atoms with Crippen LogP contribution in [0.4, 0.5) is 5.69 Å². The van der Waals surface area contributed by atoms with E-state index in [0.717, 1.165) is 42.9 Å². The Kier molecular flexibility index (Phi) is 4.85. The van der Waals surface area contributed by atoms with E-state index in [2.05, 4.69) is 30.3 Å². The van der Waals surface area contributed by atoms with Crippen LogP contribution in [0.3, 0.4) is 0 Å². The molecular weight excluding hydrogens is 234 g/mol. The molecule has 0 heterocycles. The molecule has 0 saturated carbocycles. The number of aryl methyl sites for hydroxylation is 2. The van der Waals surface area contributed by atoms with Crippen molar-refractivity contribution in [2.24, 2.45) is 0 Å². The summed E-state index contributed by atoms with van der Waals surface area (Å²) in [6.07, 6.45) is 3.33. The van der Waals surface area contributed by atoms with Crippen molar-refractivity contribution in [1.29, 1.82) is 0 Å². The predicted molar refractivity (Wildman–Crippen MR) is 80.5 cm³/mol. The lowest BCUT2D eigenvalue weighted by atomic mass is 10.1. The summed E-state index contributed by atoms with van der Waals surface area (Å²) in [7, 11) is 0. The van der Waals surface area contributed by atoms with Crippen molar-refractivity contribution in [2.45, 2.75) is 26.2 Å². The lowest BCUT2D eigenvalue weighted by molar-refractivity contribution is 0.307. The van der Waals surface area contributed by atoms with Crippen molar-refractivity contribution in [2.75, 3.05) is 12.3 Å². The Morgan fingerprint density at radius 3 is 2.53 bits per heavy atom. The second kappa shape index (κ2) is 6.83.